The number of amides is 1. The van der Waals surface area contributed by atoms with E-state index in [1.807, 2.05) is 31.2 Å². The summed E-state index contributed by atoms with van der Waals surface area (Å²) in [5.41, 5.74) is 6.96. The van der Waals surface area contributed by atoms with Crippen LogP contribution in [0.15, 0.2) is 24.3 Å². The molecule has 19 heavy (non-hydrogen) atoms. The highest BCUT2D eigenvalue weighted by Gasteiger charge is 2.23. The number of likely N-dealkylation sites (N-methyl/N-ethyl adjacent to an activating group) is 1. The maximum Gasteiger partial charge on any atom is 0.239 e. The maximum atomic E-state index is 12.2. The summed E-state index contributed by atoms with van der Waals surface area (Å²) in [5.74, 6) is 0.384. The monoisotopic (exact) mass is 282 g/mol. The van der Waals surface area contributed by atoms with E-state index >= 15 is 0 Å². The maximum absolute atomic E-state index is 12.2. The number of nitrogens with two attached hydrogens (primary N) is 1. The van der Waals surface area contributed by atoms with E-state index < -0.39 is 6.04 Å². The summed E-state index contributed by atoms with van der Waals surface area (Å²) in [7, 11) is 1.79. The molecule has 1 amide bonds. The predicted molar refractivity (Wildman–Crippen MR) is 80.1 cm³/mol. The molecule has 0 aliphatic rings. The van der Waals surface area contributed by atoms with Gasteiger partial charge in [-0.25, -0.2) is 0 Å². The fourth-order valence-electron chi connectivity index (χ4n) is 2.05. The highest BCUT2D eigenvalue weighted by atomic mass is 35.5. The molecule has 0 spiro atoms. The second kappa shape index (κ2) is 6.92. The van der Waals surface area contributed by atoms with Gasteiger partial charge < -0.3 is 10.6 Å². The van der Waals surface area contributed by atoms with E-state index in [1.54, 1.807) is 11.9 Å². The third kappa shape index (κ3) is 4.51. The number of carbonyl (C=O) groups excluding carboxylic acids is 1. The van der Waals surface area contributed by atoms with Crippen molar-refractivity contribution >= 4 is 17.5 Å². The van der Waals surface area contributed by atoms with Gasteiger partial charge in [-0.2, -0.15) is 0 Å². The Bertz CT molecular complexity index is 434. The minimum Gasteiger partial charge on any atom is -0.338 e. The zero-order valence-electron chi connectivity index (χ0n) is 12.1. The second-order valence-electron chi connectivity index (χ2n) is 5.42. The van der Waals surface area contributed by atoms with Crippen LogP contribution in [0.3, 0.4) is 0 Å². The molecule has 4 heteroatoms. The Morgan fingerprint density at radius 2 is 2.00 bits per heavy atom. The zero-order valence-corrected chi connectivity index (χ0v) is 12.8. The van der Waals surface area contributed by atoms with Gasteiger partial charge in [0.25, 0.3) is 0 Å². The van der Waals surface area contributed by atoms with Crippen LogP contribution >= 0.6 is 11.6 Å². The van der Waals surface area contributed by atoms with E-state index in [1.165, 1.54) is 0 Å². The molecule has 2 N–H and O–H groups in total. The third-order valence-electron chi connectivity index (χ3n) is 3.30. The summed E-state index contributed by atoms with van der Waals surface area (Å²) in [6, 6.07) is 7.08. The molecule has 0 aromatic heterocycles. The molecule has 1 rings (SSSR count). The van der Waals surface area contributed by atoms with Gasteiger partial charge in [0.05, 0.1) is 12.1 Å². The number of hydrogen-bond acceptors (Lipinski definition) is 2. The van der Waals surface area contributed by atoms with Crippen LogP contribution < -0.4 is 5.73 Å². The molecule has 106 valence electrons. The molecule has 1 aromatic carbocycles. The molecular formula is C15H23ClN2O. The van der Waals surface area contributed by atoms with Crippen molar-refractivity contribution in [3.63, 3.8) is 0 Å². The minimum absolute atomic E-state index is 0.0267. The lowest BCUT2D eigenvalue weighted by Gasteiger charge is -2.28. The lowest BCUT2D eigenvalue weighted by molar-refractivity contribution is -0.133. The Morgan fingerprint density at radius 3 is 2.53 bits per heavy atom. The van der Waals surface area contributed by atoms with Crippen LogP contribution in [0.4, 0.5) is 0 Å². The summed E-state index contributed by atoms with van der Waals surface area (Å²) in [4.78, 5) is 13.9. The number of rotatable bonds is 5. The standard InChI is InChI=1S/C15H23ClN2O/c1-10(2)8-14(17)15(19)18(4)11(3)12-6-5-7-13(16)9-12/h5-7,9-11,14H,8,17H2,1-4H3/t11?,14-/m1/s1. The second-order valence-corrected chi connectivity index (χ2v) is 5.85. The molecule has 0 fully saturated rings. The van der Waals surface area contributed by atoms with Crippen molar-refractivity contribution in [1.29, 1.82) is 0 Å². The van der Waals surface area contributed by atoms with Crippen molar-refractivity contribution in [2.45, 2.75) is 39.3 Å². The fourth-order valence-corrected chi connectivity index (χ4v) is 2.25. The normalized spacial score (nSPS) is 14.3. The zero-order chi connectivity index (χ0) is 14.6. The van der Waals surface area contributed by atoms with Gasteiger partial charge in [0.1, 0.15) is 0 Å². The average molecular weight is 283 g/mol. The van der Waals surface area contributed by atoms with Crippen LogP contribution in [0.1, 0.15) is 38.8 Å². The Morgan fingerprint density at radius 1 is 1.37 bits per heavy atom. The SMILES string of the molecule is CC(C)C[C@@H](N)C(=O)N(C)C(C)c1cccc(Cl)c1. The molecule has 0 bridgehead atoms. The first-order chi connectivity index (χ1) is 8.82. The van der Waals surface area contributed by atoms with Crippen molar-refractivity contribution in [1.82, 2.24) is 4.90 Å². The van der Waals surface area contributed by atoms with E-state index in [2.05, 4.69) is 13.8 Å². The molecule has 0 aliphatic carbocycles. The van der Waals surface area contributed by atoms with E-state index in [0.717, 1.165) is 5.56 Å². The van der Waals surface area contributed by atoms with Gasteiger partial charge in [0.2, 0.25) is 5.91 Å². The van der Waals surface area contributed by atoms with Crippen LogP contribution in [-0.2, 0) is 4.79 Å². The molecule has 1 aromatic rings. The Labute approximate surface area is 120 Å². The Kier molecular flexibility index (Phi) is 5.83. The molecule has 1 unspecified atom stereocenters. The van der Waals surface area contributed by atoms with E-state index in [0.29, 0.717) is 17.4 Å². The summed E-state index contributed by atoms with van der Waals surface area (Å²) in [6.07, 6.45) is 0.700. The fraction of sp³-hybridized carbons (Fsp3) is 0.533. The summed E-state index contributed by atoms with van der Waals surface area (Å²) >= 11 is 5.98. The third-order valence-corrected chi connectivity index (χ3v) is 3.54. The molecule has 0 aliphatic heterocycles. The molecule has 2 atom stereocenters. The summed E-state index contributed by atoms with van der Waals surface area (Å²) < 4.78 is 0. The number of hydrogen-bond donors (Lipinski definition) is 1. The molecule has 0 radical (unpaired) electrons. The molecular weight excluding hydrogens is 260 g/mol. The minimum atomic E-state index is -0.438. The number of halogens is 1. The van der Waals surface area contributed by atoms with Gasteiger partial charge in [-0.15, -0.1) is 0 Å². The number of nitrogens with zero attached hydrogens (tertiary/aromatic N) is 1. The summed E-state index contributed by atoms with van der Waals surface area (Å²) in [6.45, 7) is 6.10. The van der Waals surface area contributed by atoms with Crippen LogP contribution in [-0.4, -0.2) is 23.9 Å². The Hall–Kier alpha value is -1.06. The van der Waals surface area contributed by atoms with Crippen molar-refractivity contribution in [2.75, 3.05) is 7.05 Å². The van der Waals surface area contributed by atoms with Crippen molar-refractivity contribution in [3.8, 4) is 0 Å². The quantitative estimate of drug-likeness (QED) is 0.901. The van der Waals surface area contributed by atoms with Gasteiger partial charge in [-0.1, -0.05) is 37.6 Å². The van der Waals surface area contributed by atoms with E-state index in [-0.39, 0.29) is 11.9 Å². The smallest absolute Gasteiger partial charge is 0.239 e. The van der Waals surface area contributed by atoms with Gasteiger partial charge in [-0.3, -0.25) is 4.79 Å². The topological polar surface area (TPSA) is 46.3 Å². The van der Waals surface area contributed by atoms with Gasteiger partial charge >= 0.3 is 0 Å². The molecule has 0 heterocycles. The van der Waals surface area contributed by atoms with E-state index in [9.17, 15) is 4.79 Å². The largest absolute Gasteiger partial charge is 0.338 e. The predicted octanol–water partition coefficient (Wildman–Crippen LogP) is 3.23. The van der Waals surface area contributed by atoms with Crippen LogP contribution in [0, 0.1) is 5.92 Å². The average Bonchev–Trinajstić information content (AvgIpc) is 2.35. The summed E-state index contributed by atoms with van der Waals surface area (Å²) in [5, 5.41) is 0.677. The van der Waals surface area contributed by atoms with Crippen LogP contribution in [0.2, 0.25) is 5.02 Å². The first kappa shape index (κ1) is 16.0. The highest BCUT2D eigenvalue weighted by Crippen LogP contribution is 2.22. The first-order valence-electron chi connectivity index (χ1n) is 6.60. The highest BCUT2D eigenvalue weighted by molar-refractivity contribution is 6.30. The molecule has 0 saturated heterocycles. The first-order valence-corrected chi connectivity index (χ1v) is 6.98. The van der Waals surface area contributed by atoms with Crippen LogP contribution in [0.5, 0.6) is 0 Å². The number of carbonyl (C=O) groups is 1. The molecule has 3 nitrogen and oxygen atoms in total. The van der Waals surface area contributed by atoms with Gasteiger partial charge in [0, 0.05) is 12.1 Å². The van der Waals surface area contributed by atoms with Gasteiger partial charge in [-0.05, 0) is 37.0 Å². The lowest BCUT2D eigenvalue weighted by atomic mass is 10.0. The lowest BCUT2D eigenvalue weighted by Crippen LogP contribution is -2.43. The van der Waals surface area contributed by atoms with Gasteiger partial charge in [0.15, 0.2) is 0 Å². The Balaban J connectivity index is 2.76. The van der Waals surface area contributed by atoms with Crippen molar-refractivity contribution in [2.24, 2.45) is 11.7 Å². The van der Waals surface area contributed by atoms with Crippen LogP contribution in [0.25, 0.3) is 0 Å². The molecule has 0 saturated carbocycles. The number of benzene rings is 1. The van der Waals surface area contributed by atoms with Crippen molar-refractivity contribution in [3.05, 3.63) is 34.9 Å². The van der Waals surface area contributed by atoms with Crippen molar-refractivity contribution < 1.29 is 4.79 Å². The van der Waals surface area contributed by atoms with E-state index in [4.69, 9.17) is 17.3 Å².